The molecule has 2 atom stereocenters. The van der Waals surface area contributed by atoms with Crippen molar-refractivity contribution in [2.24, 2.45) is 5.92 Å². The Bertz CT molecular complexity index is 637. The van der Waals surface area contributed by atoms with E-state index in [1.54, 1.807) is 11.1 Å². The molecule has 2 unspecified atom stereocenters. The number of aryl methyl sites for hydroxylation is 1. The Balaban J connectivity index is 1.34. The van der Waals surface area contributed by atoms with Crippen LogP contribution in [0.15, 0.2) is 47.6 Å². The topological polar surface area (TPSA) is 0 Å². The number of hydrogen-bond donors (Lipinski definition) is 0. The van der Waals surface area contributed by atoms with Crippen LogP contribution in [0.25, 0.3) is 0 Å². The molecule has 0 nitrogen and oxygen atoms in total. The van der Waals surface area contributed by atoms with Gasteiger partial charge in [-0.05, 0) is 88.2 Å². The van der Waals surface area contributed by atoms with E-state index in [4.69, 9.17) is 0 Å². The molecule has 154 valence electrons. The molecule has 1 aromatic carbocycles. The fraction of sp³-hybridized carbons (Fsp3) is 0.630. The molecule has 0 N–H and O–H groups in total. The lowest BCUT2D eigenvalue weighted by Crippen LogP contribution is -2.08. The first-order valence-electron chi connectivity index (χ1n) is 11.8. The first kappa shape index (κ1) is 21.8. The molecule has 0 heterocycles. The van der Waals surface area contributed by atoms with Crippen LogP contribution in [0.3, 0.4) is 0 Å². The minimum Gasteiger partial charge on any atom is -0.153 e. The van der Waals surface area contributed by atoms with Gasteiger partial charge >= 0.3 is 0 Å². The third kappa shape index (κ3) is 7.47. The van der Waals surface area contributed by atoms with Gasteiger partial charge in [-0.1, -0.05) is 67.3 Å². The Morgan fingerprint density at radius 1 is 0.893 bits per heavy atom. The second-order valence-electron chi connectivity index (χ2n) is 9.07. The third-order valence-corrected chi connectivity index (χ3v) is 8.05. The van der Waals surface area contributed by atoms with Crippen molar-refractivity contribution in [2.45, 2.75) is 102 Å². The van der Waals surface area contributed by atoms with E-state index in [-0.39, 0.29) is 0 Å². The van der Waals surface area contributed by atoms with Crippen LogP contribution >= 0.6 is 11.8 Å². The first-order chi connectivity index (χ1) is 13.7. The fourth-order valence-electron chi connectivity index (χ4n) is 4.51. The number of hydrogen-bond acceptors (Lipinski definition) is 1. The van der Waals surface area contributed by atoms with Gasteiger partial charge < -0.3 is 0 Å². The molecule has 28 heavy (non-hydrogen) atoms. The molecule has 0 fully saturated rings. The number of rotatable bonds is 10. The highest BCUT2D eigenvalue weighted by molar-refractivity contribution is 7.99. The molecule has 0 bridgehead atoms. The maximum absolute atomic E-state index is 2.56. The van der Waals surface area contributed by atoms with Crippen LogP contribution in [0, 0.1) is 5.92 Å². The number of allylic oxidation sites excluding steroid dienone is 4. The van der Waals surface area contributed by atoms with Crippen LogP contribution in [0.4, 0.5) is 0 Å². The van der Waals surface area contributed by atoms with Crippen molar-refractivity contribution in [1.82, 2.24) is 0 Å². The normalized spacial score (nSPS) is 22.6. The zero-order valence-electron chi connectivity index (χ0n) is 18.2. The summed E-state index contributed by atoms with van der Waals surface area (Å²) in [7, 11) is 0. The highest BCUT2D eigenvalue weighted by Gasteiger charge is 2.15. The van der Waals surface area contributed by atoms with Crippen LogP contribution in [0.2, 0.25) is 0 Å². The summed E-state index contributed by atoms with van der Waals surface area (Å²) in [6.07, 6.45) is 21.1. The smallest absolute Gasteiger partial charge is 0.0187 e. The average molecular weight is 397 g/mol. The molecular formula is C27H40S. The Morgan fingerprint density at radius 2 is 1.71 bits per heavy atom. The van der Waals surface area contributed by atoms with Gasteiger partial charge in [0, 0.05) is 11.0 Å². The predicted octanol–water partition coefficient (Wildman–Crippen LogP) is 8.66. The zero-order valence-corrected chi connectivity index (χ0v) is 19.0. The molecule has 0 amide bonds. The van der Waals surface area contributed by atoms with Crippen LogP contribution in [0.5, 0.6) is 0 Å². The standard InChI is InChI=1S/C27H40S/c1-3-4-5-6-23-17-19-27(20-18-23)28-21-26-15-13-25(14-16-26)12-11-24-9-7-22(2)8-10-24/h7,13-17,24,27H,3-6,8-12,18-21H2,1-2H3. The van der Waals surface area contributed by atoms with E-state index >= 15 is 0 Å². The van der Waals surface area contributed by atoms with Gasteiger partial charge in [0.15, 0.2) is 0 Å². The maximum Gasteiger partial charge on any atom is 0.0187 e. The van der Waals surface area contributed by atoms with Crippen molar-refractivity contribution < 1.29 is 0 Å². The summed E-state index contributed by atoms with van der Waals surface area (Å²) < 4.78 is 0. The Labute approximate surface area is 178 Å². The molecule has 2 aliphatic carbocycles. The van der Waals surface area contributed by atoms with Crippen molar-refractivity contribution in [3.8, 4) is 0 Å². The zero-order chi connectivity index (χ0) is 19.6. The first-order valence-corrected chi connectivity index (χ1v) is 12.8. The van der Waals surface area contributed by atoms with Gasteiger partial charge in [-0.15, -0.1) is 0 Å². The van der Waals surface area contributed by atoms with E-state index in [1.807, 2.05) is 0 Å². The SMILES string of the molecule is CCCCCC1=CCC(SCc2ccc(CCC3CC=C(C)CC3)cc2)CC1. The van der Waals surface area contributed by atoms with Crippen LogP contribution in [-0.2, 0) is 12.2 Å². The predicted molar refractivity (Wildman–Crippen MR) is 127 cm³/mol. The highest BCUT2D eigenvalue weighted by Crippen LogP contribution is 2.32. The molecule has 2 aliphatic rings. The average Bonchev–Trinajstić information content (AvgIpc) is 2.74. The van der Waals surface area contributed by atoms with Gasteiger partial charge in [0.2, 0.25) is 0 Å². The lowest BCUT2D eigenvalue weighted by molar-refractivity contribution is 0.437. The summed E-state index contributed by atoms with van der Waals surface area (Å²) in [6, 6.07) is 9.52. The fourth-order valence-corrected chi connectivity index (χ4v) is 5.65. The molecule has 0 saturated heterocycles. The molecule has 0 aromatic heterocycles. The molecule has 1 heteroatoms. The van der Waals surface area contributed by atoms with Gasteiger partial charge in [-0.25, -0.2) is 0 Å². The Kier molecular flexibility index (Phi) is 9.25. The number of unbranched alkanes of at least 4 members (excludes halogenated alkanes) is 2. The van der Waals surface area contributed by atoms with Crippen molar-refractivity contribution in [3.63, 3.8) is 0 Å². The highest BCUT2D eigenvalue weighted by atomic mass is 32.2. The number of benzene rings is 1. The summed E-state index contributed by atoms with van der Waals surface area (Å²) in [5.74, 6) is 2.08. The van der Waals surface area contributed by atoms with Gasteiger partial charge in [0.05, 0.1) is 0 Å². The van der Waals surface area contributed by atoms with Gasteiger partial charge in [-0.3, -0.25) is 0 Å². The maximum atomic E-state index is 2.56. The Hall–Kier alpha value is -0.950. The largest absolute Gasteiger partial charge is 0.153 e. The second kappa shape index (κ2) is 11.9. The summed E-state index contributed by atoms with van der Waals surface area (Å²) in [5, 5.41) is 0.831. The van der Waals surface area contributed by atoms with Gasteiger partial charge in [-0.2, -0.15) is 11.8 Å². The van der Waals surface area contributed by atoms with Crippen molar-refractivity contribution in [3.05, 3.63) is 58.7 Å². The summed E-state index contributed by atoms with van der Waals surface area (Å²) in [5.41, 5.74) is 6.36. The minimum absolute atomic E-state index is 0.831. The van der Waals surface area contributed by atoms with E-state index in [2.05, 4.69) is 62.0 Å². The van der Waals surface area contributed by atoms with E-state index in [0.717, 1.165) is 11.2 Å². The summed E-state index contributed by atoms with van der Waals surface area (Å²) >= 11 is 2.17. The summed E-state index contributed by atoms with van der Waals surface area (Å²) in [6.45, 7) is 4.58. The van der Waals surface area contributed by atoms with Crippen molar-refractivity contribution in [1.29, 1.82) is 0 Å². The van der Waals surface area contributed by atoms with E-state index in [0.29, 0.717) is 0 Å². The lowest BCUT2D eigenvalue weighted by Gasteiger charge is -2.22. The van der Waals surface area contributed by atoms with Crippen molar-refractivity contribution >= 4 is 11.8 Å². The second-order valence-corrected chi connectivity index (χ2v) is 10.4. The monoisotopic (exact) mass is 396 g/mol. The van der Waals surface area contributed by atoms with E-state index in [1.165, 1.54) is 93.9 Å². The van der Waals surface area contributed by atoms with E-state index in [9.17, 15) is 0 Å². The molecule has 0 saturated carbocycles. The molecular weight excluding hydrogens is 356 g/mol. The van der Waals surface area contributed by atoms with Crippen LogP contribution < -0.4 is 0 Å². The molecule has 0 radical (unpaired) electrons. The molecule has 3 rings (SSSR count). The lowest BCUT2D eigenvalue weighted by atomic mass is 9.86. The van der Waals surface area contributed by atoms with Gasteiger partial charge in [0.1, 0.15) is 0 Å². The number of thioether (sulfide) groups is 1. The Morgan fingerprint density at radius 3 is 2.39 bits per heavy atom. The third-order valence-electron chi connectivity index (χ3n) is 6.65. The van der Waals surface area contributed by atoms with Crippen molar-refractivity contribution in [2.75, 3.05) is 0 Å². The molecule has 1 aromatic rings. The van der Waals surface area contributed by atoms with Crippen LogP contribution in [-0.4, -0.2) is 5.25 Å². The molecule has 0 spiro atoms. The van der Waals surface area contributed by atoms with E-state index < -0.39 is 0 Å². The quantitative estimate of drug-likeness (QED) is 0.281. The van der Waals surface area contributed by atoms with Crippen LogP contribution in [0.1, 0.15) is 95.6 Å². The minimum atomic E-state index is 0.831. The van der Waals surface area contributed by atoms with Gasteiger partial charge in [0.25, 0.3) is 0 Å². The summed E-state index contributed by atoms with van der Waals surface area (Å²) in [4.78, 5) is 0. The molecule has 0 aliphatic heterocycles.